The van der Waals surface area contributed by atoms with Crippen LogP contribution in [-0.4, -0.2) is 43.2 Å². The number of fused-ring (bicyclic) bond motifs is 1. The molecule has 164 valence electrons. The Bertz CT molecular complexity index is 1130. The maximum absolute atomic E-state index is 13.7. The summed E-state index contributed by atoms with van der Waals surface area (Å²) in [6.45, 7) is 3.88. The lowest BCUT2D eigenvalue weighted by atomic mass is 9.99. The number of nitrogens with zero attached hydrogens (tertiary/aromatic N) is 2. The van der Waals surface area contributed by atoms with E-state index in [0.717, 1.165) is 31.3 Å². The molecule has 2 heterocycles. The van der Waals surface area contributed by atoms with E-state index in [9.17, 15) is 13.2 Å². The lowest BCUT2D eigenvalue weighted by molar-refractivity contribution is -0.132. The van der Waals surface area contributed by atoms with Gasteiger partial charge in [-0.2, -0.15) is 4.31 Å². The van der Waals surface area contributed by atoms with Crippen LogP contribution in [0, 0.1) is 5.92 Å². The number of piperidine rings is 1. The topological polar surface area (TPSA) is 70.8 Å². The van der Waals surface area contributed by atoms with Gasteiger partial charge in [0.25, 0.3) is 0 Å². The van der Waals surface area contributed by atoms with Crippen LogP contribution in [0.1, 0.15) is 31.9 Å². The average Bonchev–Trinajstić information content (AvgIpc) is 3.29. The van der Waals surface area contributed by atoms with Gasteiger partial charge in [-0.05, 0) is 42.3 Å². The van der Waals surface area contributed by atoms with Crippen LogP contribution in [0.5, 0.6) is 0 Å². The number of furan rings is 1. The lowest BCUT2D eigenvalue weighted by Crippen LogP contribution is -2.40. The van der Waals surface area contributed by atoms with Crippen molar-refractivity contribution < 1.29 is 17.6 Å². The van der Waals surface area contributed by atoms with E-state index in [2.05, 4.69) is 6.92 Å². The molecule has 0 saturated carbocycles. The quantitative estimate of drug-likeness (QED) is 0.550. The van der Waals surface area contributed by atoms with E-state index in [1.807, 2.05) is 35.2 Å². The second kappa shape index (κ2) is 9.24. The molecule has 1 saturated heterocycles. The zero-order valence-electron chi connectivity index (χ0n) is 17.7. The predicted molar refractivity (Wildman–Crippen MR) is 120 cm³/mol. The van der Waals surface area contributed by atoms with E-state index < -0.39 is 10.0 Å². The second-order valence-electron chi connectivity index (χ2n) is 8.21. The van der Waals surface area contributed by atoms with Gasteiger partial charge in [-0.15, -0.1) is 0 Å². The molecule has 0 unspecified atom stereocenters. The molecule has 3 aromatic rings. The average molecular weight is 441 g/mol. The predicted octanol–water partition coefficient (Wildman–Crippen LogP) is 4.27. The largest absolute Gasteiger partial charge is 0.468 e. The van der Waals surface area contributed by atoms with Crippen molar-refractivity contribution >= 4 is 26.7 Å². The van der Waals surface area contributed by atoms with Gasteiger partial charge in [-0.25, -0.2) is 8.42 Å². The summed E-state index contributed by atoms with van der Waals surface area (Å²) in [4.78, 5) is 14.9. The molecular formula is C24H28N2O4S. The molecule has 1 fully saturated rings. The molecule has 1 amide bonds. The summed E-state index contributed by atoms with van der Waals surface area (Å²) in [5.74, 6) is 1.18. The van der Waals surface area contributed by atoms with Gasteiger partial charge in [0.2, 0.25) is 15.9 Å². The van der Waals surface area contributed by atoms with Crippen LogP contribution in [-0.2, 0) is 21.4 Å². The summed E-state index contributed by atoms with van der Waals surface area (Å²) in [6, 6.07) is 16.2. The van der Waals surface area contributed by atoms with Crippen molar-refractivity contribution in [2.45, 2.75) is 37.6 Å². The van der Waals surface area contributed by atoms with E-state index in [4.69, 9.17) is 4.42 Å². The number of likely N-dealkylation sites (tertiary alicyclic amines) is 1. The van der Waals surface area contributed by atoms with E-state index in [-0.39, 0.29) is 30.3 Å². The van der Waals surface area contributed by atoms with Gasteiger partial charge in [0.15, 0.2) is 0 Å². The molecule has 1 aliphatic rings. The molecular weight excluding hydrogens is 412 g/mol. The summed E-state index contributed by atoms with van der Waals surface area (Å²) in [5.41, 5.74) is 0. The minimum Gasteiger partial charge on any atom is -0.468 e. The number of rotatable bonds is 7. The number of benzene rings is 2. The number of carbonyl (C=O) groups excluding carboxylic acids is 1. The summed E-state index contributed by atoms with van der Waals surface area (Å²) in [6.07, 6.45) is 3.67. The first-order valence-corrected chi connectivity index (χ1v) is 12.2. The molecule has 0 bridgehead atoms. The van der Waals surface area contributed by atoms with Gasteiger partial charge in [0.1, 0.15) is 5.76 Å². The van der Waals surface area contributed by atoms with Crippen molar-refractivity contribution in [2.24, 2.45) is 5.92 Å². The normalized spacial score (nSPS) is 15.6. The van der Waals surface area contributed by atoms with Gasteiger partial charge in [-0.1, -0.05) is 43.3 Å². The first-order chi connectivity index (χ1) is 14.9. The van der Waals surface area contributed by atoms with Crippen LogP contribution < -0.4 is 0 Å². The van der Waals surface area contributed by atoms with E-state index in [1.165, 1.54) is 10.6 Å². The Hall–Kier alpha value is -2.64. The molecule has 1 aromatic heterocycles. The third kappa shape index (κ3) is 4.83. The maximum atomic E-state index is 13.7. The molecule has 0 radical (unpaired) electrons. The molecule has 0 atom stereocenters. The van der Waals surface area contributed by atoms with Crippen LogP contribution in [0.25, 0.3) is 10.8 Å². The van der Waals surface area contributed by atoms with E-state index in [1.54, 1.807) is 24.3 Å². The highest BCUT2D eigenvalue weighted by atomic mass is 32.2. The van der Waals surface area contributed by atoms with Crippen molar-refractivity contribution in [3.8, 4) is 0 Å². The number of sulfonamides is 1. The highest BCUT2D eigenvalue weighted by Crippen LogP contribution is 2.27. The van der Waals surface area contributed by atoms with Gasteiger partial charge >= 0.3 is 0 Å². The minimum absolute atomic E-state index is 0.00413. The molecule has 7 heteroatoms. The first kappa shape index (κ1) is 21.6. The zero-order chi connectivity index (χ0) is 21.8. The molecule has 4 rings (SSSR count). The number of carbonyl (C=O) groups is 1. The van der Waals surface area contributed by atoms with Gasteiger partial charge in [-0.3, -0.25) is 4.79 Å². The van der Waals surface area contributed by atoms with Crippen molar-refractivity contribution in [3.63, 3.8) is 0 Å². The van der Waals surface area contributed by atoms with Crippen molar-refractivity contribution in [1.82, 2.24) is 9.21 Å². The fraction of sp³-hybridized carbons (Fsp3) is 0.375. The van der Waals surface area contributed by atoms with Crippen LogP contribution in [0.3, 0.4) is 0 Å². The SMILES string of the molecule is CC1CCN(C(=O)CCN(Cc2ccco2)S(=O)(=O)c2cccc3ccccc23)CC1. The summed E-state index contributed by atoms with van der Waals surface area (Å²) >= 11 is 0. The van der Waals surface area contributed by atoms with Crippen LogP contribution in [0.15, 0.2) is 70.2 Å². The highest BCUT2D eigenvalue weighted by molar-refractivity contribution is 7.89. The summed E-state index contributed by atoms with van der Waals surface area (Å²) < 4.78 is 34.1. The highest BCUT2D eigenvalue weighted by Gasteiger charge is 2.29. The Morgan fingerprint density at radius 1 is 1.06 bits per heavy atom. The van der Waals surface area contributed by atoms with E-state index in [0.29, 0.717) is 17.1 Å². The second-order valence-corrected chi connectivity index (χ2v) is 10.1. The zero-order valence-corrected chi connectivity index (χ0v) is 18.6. The Kier molecular flexibility index (Phi) is 6.43. The van der Waals surface area contributed by atoms with Crippen LogP contribution in [0.2, 0.25) is 0 Å². The molecule has 6 nitrogen and oxygen atoms in total. The van der Waals surface area contributed by atoms with Gasteiger partial charge < -0.3 is 9.32 Å². The van der Waals surface area contributed by atoms with E-state index >= 15 is 0 Å². The van der Waals surface area contributed by atoms with Crippen molar-refractivity contribution in [3.05, 3.63) is 66.6 Å². The lowest BCUT2D eigenvalue weighted by Gasteiger charge is -2.31. The van der Waals surface area contributed by atoms with Gasteiger partial charge in [0.05, 0.1) is 17.7 Å². The molecule has 0 aliphatic carbocycles. The smallest absolute Gasteiger partial charge is 0.244 e. The summed E-state index contributed by atoms with van der Waals surface area (Å²) in [5, 5.41) is 1.53. The molecule has 0 N–H and O–H groups in total. The summed E-state index contributed by atoms with van der Waals surface area (Å²) in [7, 11) is -3.84. The monoisotopic (exact) mass is 440 g/mol. The third-order valence-electron chi connectivity index (χ3n) is 5.99. The van der Waals surface area contributed by atoms with Crippen LogP contribution in [0.4, 0.5) is 0 Å². The Morgan fingerprint density at radius 3 is 2.55 bits per heavy atom. The molecule has 31 heavy (non-hydrogen) atoms. The first-order valence-electron chi connectivity index (χ1n) is 10.7. The standard InChI is InChI=1S/C24H28N2O4S/c1-19-11-14-25(15-12-19)24(27)13-16-26(18-21-8-5-17-30-21)31(28,29)23-10-4-7-20-6-2-3-9-22(20)23/h2-10,17,19H,11-16,18H2,1H3. The number of hydrogen-bond acceptors (Lipinski definition) is 4. The minimum atomic E-state index is -3.84. The van der Waals surface area contributed by atoms with Crippen molar-refractivity contribution in [2.75, 3.05) is 19.6 Å². The Balaban J connectivity index is 1.59. The van der Waals surface area contributed by atoms with Gasteiger partial charge in [0, 0.05) is 31.4 Å². The fourth-order valence-corrected chi connectivity index (χ4v) is 5.68. The van der Waals surface area contributed by atoms with Crippen molar-refractivity contribution in [1.29, 1.82) is 0 Å². The molecule has 2 aromatic carbocycles. The Morgan fingerprint density at radius 2 is 1.81 bits per heavy atom. The number of hydrogen-bond donors (Lipinski definition) is 0. The van der Waals surface area contributed by atoms with Crippen LogP contribution >= 0.6 is 0 Å². The molecule has 1 aliphatic heterocycles. The maximum Gasteiger partial charge on any atom is 0.244 e. The fourth-order valence-electron chi connectivity index (χ4n) is 4.06. The number of amides is 1. The third-order valence-corrected chi connectivity index (χ3v) is 7.89. The molecule has 0 spiro atoms. The Labute approximate surface area is 183 Å².